The molecule has 1 N–H and O–H groups in total. The van der Waals surface area contributed by atoms with E-state index in [-0.39, 0.29) is 6.03 Å². The van der Waals surface area contributed by atoms with Gasteiger partial charge in [0.05, 0.1) is 6.04 Å². The Labute approximate surface area is 140 Å². The number of nitrogens with one attached hydrogen (secondary N) is 1. The number of hydrogen-bond acceptors (Lipinski definition) is 3. The van der Waals surface area contributed by atoms with Crippen LogP contribution in [0.1, 0.15) is 78.1 Å². The second-order valence-corrected chi connectivity index (χ2v) is 6.43. The van der Waals surface area contributed by atoms with E-state index in [9.17, 15) is 9.59 Å². The van der Waals surface area contributed by atoms with Crippen LogP contribution in [0.2, 0.25) is 0 Å². The van der Waals surface area contributed by atoms with Gasteiger partial charge in [-0.15, -0.1) is 0 Å². The molecule has 0 aliphatic heterocycles. The average Bonchev–Trinajstić information content (AvgIpc) is 2.59. The van der Waals surface area contributed by atoms with Gasteiger partial charge in [-0.2, -0.15) is 0 Å². The van der Waals surface area contributed by atoms with E-state index in [1.54, 1.807) is 6.08 Å². The highest BCUT2D eigenvalue weighted by Gasteiger charge is 2.23. The summed E-state index contributed by atoms with van der Waals surface area (Å²) in [5.41, 5.74) is 0. The van der Waals surface area contributed by atoms with Gasteiger partial charge in [-0.3, -0.25) is 0 Å². The summed E-state index contributed by atoms with van der Waals surface area (Å²) in [5, 5.41) is 2.88. The van der Waals surface area contributed by atoms with Gasteiger partial charge in [-0.25, -0.2) is 14.6 Å². The Morgan fingerprint density at radius 2 is 1.61 bits per heavy atom. The molecule has 0 aromatic heterocycles. The van der Waals surface area contributed by atoms with Crippen molar-refractivity contribution in [1.29, 1.82) is 0 Å². The molecule has 0 atom stereocenters. The average molecular weight is 323 g/mol. The van der Waals surface area contributed by atoms with Gasteiger partial charge in [0.15, 0.2) is 0 Å². The van der Waals surface area contributed by atoms with Crippen molar-refractivity contribution in [2.45, 2.75) is 90.1 Å². The lowest BCUT2D eigenvalue weighted by Gasteiger charge is -2.33. The van der Waals surface area contributed by atoms with Crippen molar-refractivity contribution in [3.8, 4) is 0 Å². The van der Waals surface area contributed by atoms with E-state index >= 15 is 0 Å². The molecular weight excluding hydrogens is 290 g/mol. The van der Waals surface area contributed by atoms with Crippen LogP contribution in [0.25, 0.3) is 0 Å². The van der Waals surface area contributed by atoms with Gasteiger partial charge in [0.1, 0.15) is 0 Å². The van der Waals surface area contributed by atoms with E-state index < -0.39 is 0 Å². The minimum atomic E-state index is 0.113. The summed E-state index contributed by atoms with van der Waals surface area (Å²) >= 11 is 0. The molecule has 2 rings (SSSR count). The Kier molecular flexibility index (Phi) is 10.4. The first-order valence-electron chi connectivity index (χ1n) is 9.34. The van der Waals surface area contributed by atoms with Gasteiger partial charge in [0, 0.05) is 19.1 Å². The summed E-state index contributed by atoms with van der Waals surface area (Å²) in [6, 6.07) is 0.901. The van der Waals surface area contributed by atoms with Crippen LogP contribution < -0.4 is 5.32 Å². The van der Waals surface area contributed by atoms with Crippen LogP contribution in [0.5, 0.6) is 0 Å². The number of urea groups is 1. The molecule has 2 saturated carbocycles. The third-order valence-corrected chi connectivity index (χ3v) is 4.75. The van der Waals surface area contributed by atoms with Gasteiger partial charge in [0.25, 0.3) is 0 Å². The molecule has 0 aromatic carbocycles. The molecule has 5 heteroatoms. The Morgan fingerprint density at radius 3 is 2.09 bits per heavy atom. The number of carbonyl (C=O) groups is 1. The smallest absolute Gasteiger partial charge is 0.317 e. The van der Waals surface area contributed by atoms with E-state index in [0.717, 1.165) is 25.9 Å². The third-order valence-electron chi connectivity index (χ3n) is 4.75. The Bertz CT molecular complexity index is 368. The predicted molar refractivity (Wildman–Crippen MR) is 93.3 cm³/mol. The minimum absolute atomic E-state index is 0.113. The summed E-state index contributed by atoms with van der Waals surface area (Å²) in [7, 11) is 0. The Balaban J connectivity index is 0.000000253. The molecule has 2 aliphatic rings. The summed E-state index contributed by atoms with van der Waals surface area (Å²) in [4.78, 5) is 27.1. The van der Waals surface area contributed by atoms with Crippen LogP contribution in [0, 0.1) is 0 Å². The summed E-state index contributed by atoms with van der Waals surface area (Å²) in [5.74, 6) is 0. The first-order valence-corrected chi connectivity index (χ1v) is 9.34. The molecule has 0 aromatic rings. The molecule has 0 unspecified atom stereocenters. The first-order chi connectivity index (χ1) is 11.2. The van der Waals surface area contributed by atoms with E-state index in [0.29, 0.717) is 12.1 Å². The lowest BCUT2D eigenvalue weighted by atomic mass is 9.94. The topological polar surface area (TPSA) is 61.8 Å². The van der Waals surface area contributed by atoms with Crippen molar-refractivity contribution in [2.75, 3.05) is 13.1 Å². The van der Waals surface area contributed by atoms with E-state index in [2.05, 4.69) is 17.2 Å². The fraction of sp³-hybridized carbons (Fsp3) is 0.889. The fourth-order valence-corrected chi connectivity index (χ4v) is 3.50. The molecule has 0 bridgehead atoms. The van der Waals surface area contributed by atoms with Crippen molar-refractivity contribution in [2.24, 2.45) is 4.99 Å². The molecule has 5 nitrogen and oxygen atoms in total. The lowest BCUT2D eigenvalue weighted by molar-refractivity contribution is 0.160. The zero-order valence-electron chi connectivity index (χ0n) is 14.9. The molecule has 0 saturated heterocycles. The van der Waals surface area contributed by atoms with Gasteiger partial charge in [-0.1, -0.05) is 38.5 Å². The number of aliphatic imine (C=N–C) groups is 1. The maximum atomic E-state index is 11.7. The van der Waals surface area contributed by atoms with Crippen LogP contribution >= 0.6 is 0 Å². The van der Waals surface area contributed by atoms with E-state index in [1.807, 2.05) is 11.8 Å². The number of isocyanates is 1. The quantitative estimate of drug-likeness (QED) is 0.627. The van der Waals surface area contributed by atoms with Crippen molar-refractivity contribution in [3.05, 3.63) is 0 Å². The number of hydrogen-bond donors (Lipinski definition) is 1. The second kappa shape index (κ2) is 12.1. The molecule has 0 spiro atoms. The maximum absolute atomic E-state index is 11.7. The number of carbonyl (C=O) groups excluding carboxylic acids is 2. The number of amides is 2. The monoisotopic (exact) mass is 323 g/mol. The van der Waals surface area contributed by atoms with Crippen LogP contribution in [0.15, 0.2) is 4.99 Å². The second-order valence-electron chi connectivity index (χ2n) is 6.43. The summed E-state index contributed by atoms with van der Waals surface area (Å²) in [6.45, 7) is 5.58. The molecule has 0 radical (unpaired) electrons. The van der Waals surface area contributed by atoms with Crippen molar-refractivity contribution in [1.82, 2.24) is 10.2 Å². The Hall–Kier alpha value is -1.35. The van der Waals surface area contributed by atoms with E-state index in [4.69, 9.17) is 0 Å². The molecule has 2 aliphatic carbocycles. The van der Waals surface area contributed by atoms with Gasteiger partial charge in [-0.05, 0) is 39.5 Å². The van der Waals surface area contributed by atoms with E-state index in [1.165, 1.54) is 51.4 Å². The van der Waals surface area contributed by atoms with Crippen LogP contribution in [-0.2, 0) is 4.79 Å². The van der Waals surface area contributed by atoms with Gasteiger partial charge >= 0.3 is 6.03 Å². The normalized spacial score (nSPS) is 19.0. The number of rotatable bonds is 4. The van der Waals surface area contributed by atoms with Crippen LogP contribution in [-0.4, -0.2) is 42.2 Å². The summed E-state index contributed by atoms with van der Waals surface area (Å²) in [6.07, 6.45) is 13.8. The maximum Gasteiger partial charge on any atom is 0.317 e. The highest BCUT2D eigenvalue weighted by atomic mass is 16.2. The van der Waals surface area contributed by atoms with Crippen molar-refractivity contribution in [3.63, 3.8) is 0 Å². The SMILES string of the molecule is CCNC(=O)N(CC)C1CCCCC1.O=C=NC1CCCCC1. The molecule has 23 heavy (non-hydrogen) atoms. The molecule has 132 valence electrons. The van der Waals surface area contributed by atoms with Crippen LogP contribution in [0.3, 0.4) is 0 Å². The van der Waals surface area contributed by atoms with Crippen molar-refractivity contribution < 1.29 is 9.59 Å². The molecular formula is C18H33N3O2. The molecule has 0 heterocycles. The zero-order chi connectivity index (χ0) is 16.9. The highest BCUT2D eigenvalue weighted by Crippen LogP contribution is 2.22. The molecule has 2 fully saturated rings. The molecule has 2 amide bonds. The minimum Gasteiger partial charge on any atom is -0.338 e. The highest BCUT2D eigenvalue weighted by molar-refractivity contribution is 5.74. The zero-order valence-corrected chi connectivity index (χ0v) is 14.9. The standard InChI is InChI=1S/C11H22N2O.C7H11NO/c1-3-12-11(14)13(4-2)10-8-6-5-7-9-10;9-6-8-7-4-2-1-3-5-7/h10H,3-9H2,1-2H3,(H,12,14);7H,1-5H2. The first kappa shape index (κ1) is 19.7. The summed E-state index contributed by atoms with van der Waals surface area (Å²) < 4.78 is 0. The predicted octanol–water partition coefficient (Wildman–Crippen LogP) is 4.03. The van der Waals surface area contributed by atoms with Gasteiger partial charge in [0.2, 0.25) is 6.08 Å². The van der Waals surface area contributed by atoms with Crippen molar-refractivity contribution >= 4 is 12.1 Å². The van der Waals surface area contributed by atoms with Gasteiger partial charge < -0.3 is 10.2 Å². The Morgan fingerprint density at radius 1 is 1.04 bits per heavy atom. The number of nitrogens with zero attached hydrogens (tertiary/aromatic N) is 2. The van der Waals surface area contributed by atoms with Crippen LogP contribution in [0.4, 0.5) is 4.79 Å². The fourth-order valence-electron chi connectivity index (χ4n) is 3.50. The lowest BCUT2D eigenvalue weighted by Crippen LogP contribution is -2.46. The third kappa shape index (κ3) is 7.65. The largest absolute Gasteiger partial charge is 0.338 e.